The number of hydrogen-bond donors (Lipinski definition) is 2. The van der Waals surface area contributed by atoms with E-state index in [1.54, 1.807) is 24.3 Å². The lowest BCUT2D eigenvalue weighted by molar-refractivity contribution is 0.982. The molecule has 0 radical (unpaired) electrons. The maximum atomic E-state index is 5.95. The third kappa shape index (κ3) is 3.84. The summed E-state index contributed by atoms with van der Waals surface area (Å²) in [6.45, 7) is 0. The molecule has 110 valence electrons. The average Bonchev–Trinajstić information content (AvgIpc) is 2.47. The lowest BCUT2D eigenvalue weighted by Gasteiger charge is -2.08. The molecule has 0 unspecified atom stereocenters. The molecule has 0 aliphatic heterocycles. The Morgan fingerprint density at radius 2 is 1.45 bits per heavy atom. The minimum absolute atomic E-state index is 0.370. The molecule has 0 amide bonds. The van der Waals surface area contributed by atoms with Crippen molar-refractivity contribution in [2.24, 2.45) is 0 Å². The van der Waals surface area contributed by atoms with Gasteiger partial charge in [0.1, 0.15) is 0 Å². The van der Waals surface area contributed by atoms with Crippen molar-refractivity contribution in [2.45, 2.75) is 0 Å². The second kappa shape index (κ2) is 6.60. The molecule has 0 bridgehead atoms. The molecule has 3 rings (SSSR count). The van der Waals surface area contributed by atoms with Crippen molar-refractivity contribution in [3.8, 4) is 0 Å². The highest BCUT2D eigenvalue weighted by Gasteiger charge is 2.03. The first kappa shape index (κ1) is 14.6. The fourth-order valence-corrected chi connectivity index (χ4v) is 2.21. The zero-order chi connectivity index (χ0) is 15.4. The van der Waals surface area contributed by atoms with E-state index in [9.17, 15) is 0 Å². The summed E-state index contributed by atoms with van der Waals surface area (Å²) in [5.74, 6) is 0.927. The van der Waals surface area contributed by atoms with Gasteiger partial charge in [-0.15, -0.1) is 5.10 Å². The van der Waals surface area contributed by atoms with Gasteiger partial charge in [-0.3, -0.25) is 0 Å². The fourth-order valence-electron chi connectivity index (χ4n) is 1.83. The number of nitrogens with zero attached hydrogens (tertiary/aromatic N) is 3. The Labute approximate surface area is 137 Å². The predicted molar refractivity (Wildman–Crippen MR) is 89.3 cm³/mol. The molecule has 0 saturated heterocycles. The SMILES string of the molecule is Clc1cccc(Nc2cnnc(Nc3cccc(Cl)c3)n2)c1. The standard InChI is InChI=1S/C15H11Cl2N5/c16-10-3-1-5-12(7-10)19-14-9-18-22-15(21-14)20-13-6-2-4-11(17)8-13/h1-9H,(H2,19,20,21,22). The number of aromatic nitrogens is 3. The van der Waals surface area contributed by atoms with Crippen LogP contribution in [0.1, 0.15) is 0 Å². The molecular weight excluding hydrogens is 321 g/mol. The Balaban J connectivity index is 1.78. The van der Waals surface area contributed by atoms with E-state index in [4.69, 9.17) is 23.2 Å². The van der Waals surface area contributed by atoms with E-state index < -0.39 is 0 Å². The minimum atomic E-state index is 0.370. The maximum absolute atomic E-state index is 5.95. The first-order chi connectivity index (χ1) is 10.7. The molecule has 2 N–H and O–H groups in total. The summed E-state index contributed by atoms with van der Waals surface area (Å²) in [5.41, 5.74) is 1.61. The van der Waals surface area contributed by atoms with Crippen LogP contribution in [0.25, 0.3) is 0 Å². The van der Waals surface area contributed by atoms with Crippen LogP contribution in [0.4, 0.5) is 23.1 Å². The van der Waals surface area contributed by atoms with Gasteiger partial charge < -0.3 is 10.6 Å². The largest absolute Gasteiger partial charge is 0.339 e. The van der Waals surface area contributed by atoms with Crippen molar-refractivity contribution in [1.82, 2.24) is 15.2 Å². The van der Waals surface area contributed by atoms with Crippen molar-refractivity contribution in [1.29, 1.82) is 0 Å². The second-order valence-corrected chi connectivity index (χ2v) is 5.31. The quantitative estimate of drug-likeness (QED) is 0.727. The molecule has 7 heteroatoms. The normalized spacial score (nSPS) is 10.3. The van der Waals surface area contributed by atoms with E-state index in [1.807, 2.05) is 24.3 Å². The third-order valence-corrected chi connectivity index (χ3v) is 3.21. The first-order valence-corrected chi connectivity index (χ1v) is 7.19. The lowest BCUT2D eigenvalue weighted by Crippen LogP contribution is -2.02. The van der Waals surface area contributed by atoms with Gasteiger partial charge >= 0.3 is 0 Å². The molecule has 1 aromatic heterocycles. The average molecular weight is 332 g/mol. The molecule has 22 heavy (non-hydrogen) atoms. The Bertz CT molecular complexity index is 731. The summed E-state index contributed by atoms with van der Waals surface area (Å²) < 4.78 is 0. The van der Waals surface area contributed by atoms with Crippen molar-refractivity contribution >= 4 is 46.3 Å². The van der Waals surface area contributed by atoms with Gasteiger partial charge in [-0.25, -0.2) is 0 Å². The fraction of sp³-hybridized carbons (Fsp3) is 0. The van der Waals surface area contributed by atoms with E-state index in [1.165, 1.54) is 6.20 Å². The molecular formula is C15H11Cl2N5. The van der Waals surface area contributed by atoms with E-state index in [0.717, 1.165) is 11.4 Å². The molecule has 0 atom stereocenters. The molecule has 0 aliphatic carbocycles. The van der Waals surface area contributed by atoms with Crippen LogP contribution in [-0.4, -0.2) is 15.2 Å². The summed E-state index contributed by atoms with van der Waals surface area (Å²) in [6, 6.07) is 14.6. The van der Waals surface area contributed by atoms with Crippen LogP contribution in [0.5, 0.6) is 0 Å². The minimum Gasteiger partial charge on any atom is -0.339 e. The van der Waals surface area contributed by atoms with Crippen LogP contribution < -0.4 is 10.6 Å². The van der Waals surface area contributed by atoms with Gasteiger partial charge in [0.25, 0.3) is 0 Å². The van der Waals surface area contributed by atoms with Gasteiger partial charge in [0.05, 0.1) is 6.20 Å². The summed E-state index contributed by atoms with van der Waals surface area (Å²) in [6.07, 6.45) is 1.53. The third-order valence-electron chi connectivity index (χ3n) is 2.74. The monoisotopic (exact) mass is 331 g/mol. The van der Waals surface area contributed by atoms with Gasteiger partial charge in [-0.1, -0.05) is 35.3 Å². The Hall–Kier alpha value is -2.37. The van der Waals surface area contributed by atoms with Gasteiger partial charge in [0.15, 0.2) is 5.82 Å². The number of benzene rings is 2. The molecule has 0 spiro atoms. The summed E-state index contributed by atoms with van der Waals surface area (Å²) in [5, 5.41) is 15.3. The molecule has 3 aromatic rings. The Morgan fingerprint density at radius 3 is 2.09 bits per heavy atom. The van der Waals surface area contributed by atoms with Crippen LogP contribution >= 0.6 is 23.2 Å². The van der Waals surface area contributed by atoms with Crippen LogP contribution in [-0.2, 0) is 0 Å². The number of hydrogen-bond acceptors (Lipinski definition) is 5. The van der Waals surface area contributed by atoms with E-state index in [2.05, 4.69) is 25.8 Å². The zero-order valence-electron chi connectivity index (χ0n) is 11.3. The molecule has 5 nitrogen and oxygen atoms in total. The Morgan fingerprint density at radius 1 is 0.818 bits per heavy atom. The predicted octanol–water partition coefficient (Wildman–Crippen LogP) is 4.67. The molecule has 1 heterocycles. The molecule has 2 aromatic carbocycles. The van der Waals surface area contributed by atoms with Crippen molar-refractivity contribution in [3.05, 3.63) is 64.8 Å². The van der Waals surface area contributed by atoms with Gasteiger partial charge in [-0.2, -0.15) is 10.1 Å². The van der Waals surface area contributed by atoms with Crippen molar-refractivity contribution in [3.63, 3.8) is 0 Å². The van der Waals surface area contributed by atoms with Crippen LogP contribution in [0.2, 0.25) is 10.0 Å². The van der Waals surface area contributed by atoms with Crippen molar-refractivity contribution in [2.75, 3.05) is 10.6 Å². The molecule has 0 fully saturated rings. The van der Waals surface area contributed by atoms with Gasteiger partial charge in [-0.05, 0) is 36.4 Å². The highest BCUT2D eigenvalue weighted by atomic mass is 35.5. The lowest BCUT2D eigenvalue weighted by atomic mass is 10.3. The number of nitrogens with one attached hydrogen (secondary N) is 2. The van der Waals surface area contributed by atoms with Gasteiger partial charge in [0, 0.05) is 21.4 Å². The van der Waals surface area contributed by atoms with Crippen LogP contribution in [0.15, 0.2) is 54.7 Å². The number of anilines is 4. The van der Waals surface area contributed by atoms with E-state index in [-0.39, 0.29) is 0 Å². The highest BCUT2D eigenvalue weighted by molar-refractivity contribution is 6.31. The zero-order valence-corrected chi connectivity index (χ0v) is 12.8. The summed E-state index contributed by atoms with van der Waals surface area (Å²) in [7, 11) is 0. The Kier molecular flexibility index (Phi) is 4.37. The van der Waals surface area contributed by atoms with Crippen LogP contribution in [0, 0.1) is 0 Å². The topological polar surface area (TPSA) is 62.7 Å². The first-order valence-electron chi connectivity index (χ1n) is 6.44. The highest BCUT2D eigenvalue weighted by Crippen LogP contribution is 2.20. The summed E-state index contributed by atoms with van der Waals surface area (Å²) in [4.78, 5) is 4.34. The van der Waals surface area contributed by atoms with Gasteiger partial charge in [0.2, 0.25) is 5.95 Å². The van der Waals surface area contributed by atoms with E-state index >= 15 is 0 Å². The van der Waals surface area contributed by atoms with Crippen LogP contribution in [0.3, 0.4) is 0 Å². The smallest absolute Gasteiger partial charge is 0.249 e. The number of rotatable bonds is 4. The molecule has 0 aliphatic rings. The second-order valence-electron chi connectivity index (χ2n) is 4.44. The summed E-state index contributed by atoms with van der Waals surface area (Å²) >= 11 is 11.9. The number of halogens is 2. The van der Waals surface area contributed by atoms with E-state index in [0.29, 0.717) is 21.8 Å². The van der Waals surface area contributed by atoms with Crippen molar-refractivity contribution < 1.29 is 0 Å². The molecule has 0 saturated carbocycles. The maximum Gasteiger partial charge on any atom is 0.249 e.